The minimum absolute atomic E-state index is 0.489. The summed E-state index contributed by atoms with van der Waals surface area (Å²) in [6, 6.07) is 5.62. The first-order chi connectivity index (χ1) is 9.23. The van der Waals surface area contributed by atoms with Crippen molar-refractivity contribution >= 4 is 33.3 Å². The Morgan fingerprint density at radius 3 is 2.65 bits per heavy atom. The Bertz CT molecular complexity index is 507. The van der Waals surface area contributed by atoms with Crippen LogP contribution in [-0.4, -0.2) is 18.2 Å². The fourth-order valence-electron chi connectivity index (χ4n) is 1.65. The van der Waals surface area contributed by atoms with Crippen molar-refractivity contribution in [3.8, 4) is 0 Å². The van der Waals surface area contributed by atoms with Crippen molar-refractivity contribution in [2.75, 3.05) is 11.9 Å². The van der Waals surface area contributed by atoms with E-state index >= 15 is 0 Å². The number of rotatable bonds is 4. The van der Waals surface area contributed by atoms with Crippen LogP contribution in [0.4, 0.5) is 10.5 Å². The van der Waals surface area contributed by atoms with Gasteiger partial charge in [0, 0.05) is 10.0 Å². The van der Waals surface area contributed by atoms with Gasteiger partial charge in [-0.05, 0) is 51.4 Å². The van der Waals surface area contributed by atoms with Gasteiger partial charge in [-0.3, -0.25) is 5.32 Å². The zero-order valence-corrected chi connectivity index (χ0v) is 13.7. The van der Waals surface area contributed by atoms with E-state index in [-0.39, 0.29) is 0 Å². The number of halogens is 1. The van der Waals surface area contributed by atoms with Gasteiger partial charge in [-0.25, -0.2) is 4.79 Å². The van der Waals surface area contributed by atoms with E-state index in [9.17, 15) is 4.79 Å². The van der Waals surface area contributed by atoms with Crippen LogP contribution in [0.15, 0.2) is 29.3 Å². The molecular weight excluding hydrogens is 320 g/mol. The van der Waals surface area contributed by atoms with Crippen LogP contribution in [0, 0.1) is 0 Å². The SMILES string of the molecule is C=C(CCN)c1ccc(Br)cc1NC(=O)OC(C)(C)C. The van der Waals surface area contributed by atoms with Gasteiger partial charge < -0.3 is 10.5 Å². The lowest BCUT2D eigenvalue weighted by atomic mass is 10.0. The molecule has 0 fully saturated rings. The van der Waals surface area contributed by atoms with Crippen molar-refractivity contribution in [3.63, 3.8) is 0 Å². The number of ether oxygens (including phenoxy) is 1. The molecule has 1 amide bonds. The van der Waals surface area contributed by atoms with E-state index in [1.807, 2.05) is 39.0 Å². The van der Waals surface area contributed by atoms with Crippen molar-refractivity contribution in [2.45, 2.75) is 32.8 Å². The minimum Gasteiger partial charge on any atom is -0.444 e. The van der Waals surface area contributed by atoms with Crippen LogP contribution in [0.2, 0.25) is 0 Å². The van der Waals surface area contributed by atoms with E-state index in [0.29, 0.717) is 18.7 Å². The lowest BCUT2D eigenvalue weighted by Gasteiger charge is -2.21. The zero-order valence-electron chi connectivity index (χ0n) is 12.1. The number of nitrogens with one attached hydrogen (secondary N) is 1. The summed E-state index contributed by atoms with van der Waals surface area (Å²) in [5, 5.41) is 2.75. The average Bonchev–Trinajstić information content (AvgIpc) is 2.26. The molecule has 1 aromatic carbocycles. The van der Waals surface area contributed by atoms with Gasteiger partial charge in [-0.15, -0.1) is 0 Å². The molecule has 5 heteroatoms. The number of anilines is 1. The van der Waals surface area contributed by atoms with E-state index in [0.717, 1.165) is 15.6 Å². The maximum atomic E-state index is 11.9. The molecule has 0 heterocycles. The van der Waals surface area contributed by atoms with Crippen LogP contribution in [0.5, 0.6) is 0 Å². The summed E-state index contributed by atoms with van der Waals surface area (Å²) in [7, 11) is 0. The molecule has 0 radical (unpaired) electrons. The quantitative estimate of drug-likeness (QED) is 0.864. The molecule has 1 rings (SSSR count). The molecule has 0 aliphatic carbocycles. The molecular formula is C15H21BrN2O2. The fraction of sp³-hybridized carbons (Fsp3) is 0.400. The third kappa shape index (κ3) is 5.35. The zero-order chi connectivity index (χ0) is 15.3. The smallest absolute Gasteiger partial charge is 0.412 e. The highest BCUT2D eigenvalue weighted by atomic mass is 79.9. The van der Waals surface area contributed by atoms with Crippen LogP contribution in [0.25, 0.3) is 5.57 Å². The Morgan fingerprint density at radius 2 is 2.10 bits per heavy atom. The van der Waals surface area contributed by atoms with E-state index < -0.39 is 11.7 Å². The third-order valence-corrected chi connectivity index (χ3v) is 2.94. The van der Waals surface area contributed by atoms with Crippen molar-refractivity contribution in [1.29, 1.82) is 0 Å². The molecule has 0 aliphatic rings. The van der Waals surface area contributed by atoms with Gasteiger partial charge in [0.05, 0.1) is 5.69 Å². The monoisotopic (exact) mass is 340 g/mol. The number of benzene rings is 1. The summed E-state index contributed by atoms with van der Waals surface area (Å²) in [5.74, 6) is 0. The first-order valence-electron chi connectivity index (χ1n) is 6.40. The molecule has 0 bridgehead atoms. The second kappa shape index (κ2) is 6.90. The molecule has 0 aromatic heterocycles. The molecule has 3 N–H and O–H groups in total. The third-order valence-electron chi connectivity index (χ3n) is 2.44. The topological polar surface area (TPSA) is 64.3 Å². The number of hydrogen-bond acceptors (Lipinski definition) is 3. The summed E-state index contributed by atoms with van der Waals surface area (Å²) in [4.78, 5) is 11.9. The average molecular weight is 341 g/mol. The van der Waals surface area contributed by atoms with Crippen molar-refractivity contribution in [1.82, 2.24) is 0 Å². The molecule has 20 heavy (non-hydrogen) atoms. The van der Waals surface area contributed by atoms with Crippen LogP contribution in [-0.2, 0) is 4.74 Å². The van der Waals surface area contributed by atoms with Gasteiger partial charge in [0.2, 0.25) is 0 Å². The maximum absolute atomic E-state index is 11.9. The number of hydrogen-bond donors (Lipinski definition) is 2. The maximum Gasteiger partial charge on any atom is 0.412 e. The second-order valence-corrected chi connectivity index (χ2v) is 6.37. The number of amides is 1. The normalized spacial score (nSPS) is 11.1. The predicted octanol–water partition coefficient (Wildman–Crippen LogP) is 4.16. The molecule has 0 aliphatic heterocycles. The number of nitrogens with two attached hydrogens (primary N) is 1. The Balaban J connectivity index is 2.95. The van der Waals surface area contributed by atoms with Gasteiger partial charge >= 0.3 is 6.09 Å². The van der Waals surface area contributed by atoms with Gasteiger partial charge in [0.25, 0.3) is 0 Å². The first-order valence-corrected chi connectivity index (χ1v) is 7.20. The van der Waals surface area contributed by atoms with Crippen molar-refractivity contribution in [3.05, 3.63) is 34.8 Å². The summed E-state index contributed by atoms with van der Waals surface area (Å²) >= 11 is 3.39. The second-order valence-electron chi connectivity index (χ2n) is 5.46. The Kier molecular flexibility index (Phi) is 5.77. The highest BCUT2D eigenvalue weighted by Gasteiger charge is 2.17. The number of carbonyl (C=O) groups is 1. The Hall–Kier alpha value is -1.33. The number of carbonyl (C=O) groups excluding carboxylic acids is 1. The summed E-state index contributed by atoms with van der Waals surface area (Å²) in [6.45, 7) is 9.98. The van der Waals surface area contributed by atoms with Gasteiger partial charge in [0.15, 0.2) is 0 Å². The van der Waals surface area contributed by atoms with E-state index in [4.69, 9.17) is 10.5 Å². The Labute approximate surface area is 128 Å². The molecule has 0 spiro atoms. The molecule has 0 atom stereocenters. The largest absolute Gasteiger partial charge is 0.444 e. The van der Waals surface area contributed by atoms with E-state index in [2.05, 4.69) is 27.8 Å². The van der Waals surface area contributed by atoms with Gasteiger partial charge in [-0.1, -0.05) is 28.6 Å². The molecule has 0 unspecified atom stereocenters. The lowest BCUT2D eigenvalue weighted by Crippen LogP contribution is -2.27. The van der Waals surface area contributed by atoms with Crippen LogP contribution in [0.1, 0.15) is 32.8 Å². The van der Waals surface area contributed by atoms with Crippen LogP contribution in [0.3, 0.4) is 0 Å². The first kappa shape index (κ1) is 16.7. The van der Waals surface area contributed by atoms with Gasteiger partial charge in [-0.2, -0.15) is 0 Å². The summed E-state index contributed by atoms with van der Waals surface area (Å²) < 4.78 is 6.12. The molecule has 0 saturated carbocycles. The minimum atomic E-state index is -0.537. The molecule has 110 valence electrons. The Morgan fingerprint density at radius 1 is 1.45 bits per heavy atom. The van der Waals surface area contributed by atoms with E-state index in [1.165, 1.54) is 0 Å². The fourth-order valence-corrected chi connectivity index (χ4v) is 2.01. The van der Waals surface area contributed by atoms with Crippen LogP contribution >= 0.6 is 15.9 Å². The van der Waals surface area contributed by atoms with Crippen molar-refractivity contribution < 1.29 is 9.53 Å². The van der Waals surface area contributed by atoms with E-state index in [1.54, 1.807) is 0 Å². The molecule has 4 nitrogen and oxygen atoms in total. The molecule has 0 saturated heterocycles. The molecule has 1 aromatic rings. The predicted molar refractivity (Wildman–Crippen MR) is 86.7 cm³/mol. The standard InChI is InChI=1S/C15H21BrN2O2/c1-10(7-8-17)12-6-5-11(16)9-13(12)18-14(19)20-15(2,3)4/h5-6,9H,1,7-8,17H2,2-4H3,(H,18,19). The lowest BCUT2D eigenvalue weighted by molar-refractivity contribution is 0.0636. The van der Waals surface area contributed by atoms with Crippen LogP contribution < -0.4 is 11.1 Å². The highest BCUT2D eigenvalue weighted by Crippen LogP contribution is 2.28. The van der Waals surface area contributed by atoms with Crippen molar-refractivity contribution in [2.24, 2.45) is 5.73 Å². The summed E-state index contributed by atoms with van der Waals surface area (Å²) in [6.07, 6.45) is 0.183. The van der Waals surface area contributed by atoms with Gasteiger partial charge in [0.1, 0.15) is 5.60 Å². The highest BCUT2D eigenvalue weighted by molar-refractivity contribution is 9.10. The summed E-state index contributed by atoms with van der Waals surface area (Å²) in [5.41, 5.74) is 7.42.